The number of thiophene rings is 1. The second-order valence-electron chi connectivity index (χ2n) is 6.32. The van der Waals surface area contributed by atoms with E-state index in [0.29, 0.717) is 36.8 Å². The van der Waals surface area contributed by atoms with Gasteiger partial charge in [-0.3, -0.25) is 4.79 Å². The standard InChI is InChI=1S/C18H18ClN3O2S/c1-12-2-7-15(25-12)17(23)22-10-8-18(9-11-22)20-16(21-24-18)13-3-5-14(19)6-4-13/h2-7H,8-11H2,1H3,(H,20,21). The number of halogens is 1. The number of carbonyl (C=O) groups is 1. The van der Waals surface area contributed by atoms with Gasteiger partial charge in [0.15, 0.2) is 11.6 Å². The van der Waals surface area contributed by atoms with Crippen LogP contribution in [-0.4, -0.2) is 35.5 Å². The number of piperidine rings is 1. The zero-order chi connectivity index (χ0) is 17.4. The summed E-state index contributed by atoms with van der Waals surface area (Å²) in [5.41, 5.74) is 3.29. The lowest BCUT2D eigenvalue weighted by Crippen LogP contribution is -2.46. The van der Waals surface area contributed by atoms with Crippen molar-refractivity contribution in [3.63, 3.8) is 0 Å². The first kappa shape index (κ1) is 16.6. The molecule has 0 aliphatic carbocycles. The fourth-order valence-electron chi connectivity index (χ4n) is 3.10. The van der Waals surface area contributed by atoms with Crippen molar-refractivity contribution >= 4 is 34.7 Å². The van der Waals surface area contributed by atoms with E-state index in [2.05, 4.69) is 5.48 Å². The zero-order valence-electron chi connectivity index (χ0n) is 13.8. The number of benzene rings is 1. The van der Waals surface area contributed by atoms with E-state index in [0.717, 1.165) is 15.3 Å². The van der Waals surface area contributed by atoms with Crippen LogP contribution in [0.1, 0.15) is 33.0 Å². The third-order valence-electron chi connectivity index (χ3n) is 4.55. The quantitative estimate of drug-likeness (QED) is 0.872. The van der Waals surface area contributed by atoms with E-state index in [-0.39, 0.29) is 5.91 Å². The SMILES string of the molecule is Cc1ccc(C(=O)N2CCC3(CC2)N=C(c2ccc(Cl)cc2)NO3)s1. The van der Waals surface area contributed by atoms with Gasteiger partial charge in [-0.15, -0.1) is 11.3 Å². The Morgan fingerprint density at radius 2 is 1.96 bits per heavy atom. The number of carbonyl (C=O) groups excluding carboxylic acids is 1. The van der Waals surface area contributed by atoms with Crippen LogP contribution in [0, 0.1) is 6.92 Å². The molecular weight excluding hydrogens is 358 g/mol. The molecule has 0 bridgehead atoms. The van der Waals surface area contributed by atoms with Crippen LogP contribution in [0.2, 0.25) is 5.02 Å². The average Bonchev–Trinajstić information content (AvgIpc) is 3.23. The highest BCUT2D eigenvalue weighted by atomic mass is 35.5. The van der Waals surface area contributed by atoms with Crippen LogP contribution in [0.5, 0.6) is 0 Å². The molecule has 1 spiro atoms. The number of aliphatic imine (C=N–C) groups is 1. The van der Waals surface area contributed by atoms with Gasteiger partial charge in [-0.2, -0.15) is 0 Å². The van der Waals surface area contributed by atoms with E-state index in [1.807, 2.05) is 48.2 Å². The summed E-state index contributed by atoms with van der Waals surface area (Å²) < 4.78 is 0. The second-order valence-corrected chi connectivity index (χ2v) is 8.04. The number of amides is 1. The normalized spacial score (nSPS) is 19.0. The summed E-state index contributed by atoms with van der Waals surface area (Å²) in [6.07, 6.45) is 1.35. The van der Waals surface area contributed by atoms with Crippen LogP contribution in [-0.2, 0) is 4.84 Å². The van der Waals surface area contributed by atoms with Crippen LogP contribution in [0.3, 0.4) is 0 Å². The first-order chi connectivity index (χ1) is 12.0. The fourth-order valence-corrected chi connectivity index (χ4v) is 4.06. The summed E-state index contributed by atoms with van der Waals surface area (Å²) >= 11 is 7.47. The van der Waals surface area contributed by atoms with Gasteiger partial charge in [0.1, 0.15) is 0 Å². The predicted molar refractivity (Wildman–Crippen MR) is 99.1 cm³/mol. The Morgan fingerprint density at radius 3 is 2.60 bits per heavy atom. The number of aryl methyl sites for hydroxylation is 1. The van der Waals surface area contributed by atoms with Crippen LogP contribution in [0.25, 0.3) is 0 Å². The molecule has 1 amide bonds. The van der Waals surface area contributed by atoms with Gasteiger partial charge in [0.2, 0.25) is 0 Å². The molecule has 0 radical (unpaired) electrons. The molecule has 2 aromatic rings. The number of hydrogen-bond donors (Lipinski definition) is 1. The number of hydrogen-bond acceptors (Lipinski definition) is 5. The first-order valence-electron chi connectivity index (χ1n) is 8.20. The van der Waals surface area contributed by atoms with E-state index in [1.165, 1.54) is 11.3 Å². The molecule has 7 heteroatoms. The Labute approximate surface area is 155 Å². The Bertz CT molecular complexity index is 823. The van der Waals surface area contributed by atoms with E-state index < -0.39 is 5.72 Å². The number of amidine groups is 1. The molecule has 0 atom stereocenters. The Morgan fingerprint density at radius 1 is 1.24 bits per heavy atom. The molecular formula is C18H18ClN3O2S. The number of hydroxylamine groups is 1. The van der Waals surface area contributed by atoms with Crippen molar-refractivity contribution < 1.29 is 9.63 Å². The predicted octanol–water partition coefficient (Wildman–Crippen LogP) is 3.62. The molecule has 1 N–H and O–H groups in total. The fraction of sp³-hybridized carbons (Fsp3) is 0.333. The summed E-state index contributed by atoms with van der Waals surface area (Å²) in [5, 5.41) is 0.689. The molecule has 130 valence electrons. The number of nitrogens with one attached hydrogen (secondary N) is 1. The summed E-state index contributed by atoms with van der Waals surface area (Å²) in [5.74, 6) is 0.811. The van der Waals surface area contributed by atoms with Gasteiger partial charge < -0.3 is 4.90 Å². The number of likely N-dealkylation sites (tertiary alicyclic amines) is 1. The second kappa shape index (κ2) is 6.44. The minimum Gasteiger partial charge on any atom is -0.338 e. The molecule has 0 saturated carbocycles. The monoisotopic (exact) mass is 375 g/mol. The minimum atomic E-state index is -0.586. The molecule has 25 heavy (non-hydrogen) atoms. The minimum absolute atomic E-state index is 0.0980. The molecule has 1 aromatic carbocycles. The maximum absolute atomic E-state index is 12.6. The van der Waals surface area contributed by atoms with Crippen molar-refractivity contribution in [3.8, 4) is 0 Å². The lowest BCUT2D eigenvalue weighted by Gasteiger charge is -2.35. The van der Waals surface area contributed by atoms with Gasteiger partial charge in [-0.1, -0.05) is 11.6 Å². The highest BCUT2D eigenvalue weighted by molar-refractivity contribution is 7.13. The van der Waals surface area contributed by atoms with Gasteiger partial charge in [-0.25, -0.2) is 15.3 Å². The molecule has 2 aliphatic rings. The van der Waals surface area contributed by atoms with Crippen LogP contribution < -0.4 is 5.48 Å². The summed E-state index contributed by atoms with van der Waals surface area (Å²) in [6.45, 7) is 3.28. The van der Waals surface area contributed by atoms with Crippen molar-refractivity contribution in [1.82, 2.24) is 10.4 Å². The third-order valence-corrected chi connectivity index (χ3v) is 5.79. The number of rotatable bonds is 2. The van der Waals surface area contributed by atoms with Gasteiger partial charge in [0.25, 0.3) is 5.91 Å². The lowest BCUT2D eigenvalue weighted by molar-refractivity contribution is -0.0849. The van der Waals surface area contributed by atoms with Gasteiger partial charge in [-0.05, 0) is 43.3 Å². The topological polar surface area (TPSA) is 53.9 Å². The highest BCUT2D eigenvalue weighted by Gasteiger charge is 2.41. The van der Waals surface area contributed by atoms with Crippen molar-refractivity contribution in [2.75, 3.05) is 13.1 Å². The number of nitrogens with zero attached hydrogens (tertiary/aromatic N) is 2. The average molecular weight is 376 g/mol. The summed E-state index contributed by atoms with van der Waals surface area (Å²) in [6, 6.07) is 11.4. The maximum atomic E-state index is 12.6. The molecule has 4 rings (SSSR count). The highest BCUT2D eigenvalue weighted by Crippen LogP contribution is 2.32. The first-order valence-corrected chi connectivity index (χ1v) is 9.40. The van der Waals surface area contributed by atoms with Crippen molar-refractivity contribution in [2.24, 2.45) is 4.99 Å². The molecule has 1 saturated heterocycles. The van der Waals surface area contributed by atoms with Crippen molar-refractivity contribution in [2.45, 2.75) is 25.5 Å². The third kappa shape index (κ3) is 3.29. The Kier molecular flexibility index (Phi) is 4.27. The molecule has 2 aliphatic heterocycles. The van der Waals surface area contributed by atoms with Crippen molar-refractivity contribution in [3.05, 3.63) is 56.7 Å². The molecule has 5 nitrogen and oxygen atoms in total. The summed E-state index contributed by atoms with van der Waals surface area (Å²) in [7, 11) is 0. The largest absolute Gasteiger partial charge is 0.338 e. The molecule has 1 aromatic heterocycles. The van der Waals surface area contributed by atoms with Gasteiger partial charge >= 0.3 is 0 Å². The van der Waals surface area contributed by atoms with Crippen LogP contribution in [0.4, 0.5) is 0 Å². The van der Waals surface area contributed by atoms with Crippen LogP contribution >= 0.6 is 22.9 Å². The maximum Gasteiger partial charge on any atom is 0.263 e. The van der Waals surface area contributed by atoms with Crippen molar-refractivity contribution in [1.29, 1.82) is 0 Å². The van der Waals surface area contributed by atoms with E-state index in [4.69, 9.17) is 21.4 Å². The van der Waals surface area contributed by atoms with E-state index >= 15 is 0 Å². The smallest absolute Gasteiger partial charge is 0.263 e. The summed E-state index contributed by atoms with van der Waals surface area (Å²) in [4.78, 5) is 26.9. The lowest BCUT2D eigenvalue weighted by atomic mass is 10.0. The van der Waals surface area contributed by atoms with Gasteiger partial charge in [0.05, 0.1) is 4.88 Å². The van der Waals surface area contributed by atoms with Crippen LogP contribution in [0.15, 0.2) is 41.4 Å². The van der Waals surface area contributed by atoms with Gasteiger partial charge in [0, 0.05) is 41.4 Å². The Hall–Kier alpha value is -1.89. The zero-order valence-corrected chi connectivity index (χ0v) is 15.4. The molecule has 3 heterocycles. The van der Waals surface area contributed by atoms with E-state index in [1.54, 1.807) is 0 Å². The Balaban J connectivity index is 1.44. The van der Waals surface area contributed by atoms with E-state index in [9.17, 15) is 4.79 Å². The molecule has 1 fully saturated rings. The molecule has 0 unspecified atom stereocenters.